The molecule has 0 aromatic heterocycles. The Bertz CT molecular complexity index is 781. The zero-order valence-electron chi connectivity index (χ0n) is 17.8. The van der Waals surface area contributed by atoms with Gasteiger partial charge >= 0.3 is 5.97 Å². The van der Waals surface area contributed by atoms with E-state index < -0.39 is 17.9 Å². The van der Waals surface area contributed by atoms with E-state index in [1.54, 1.807) is 36.1 Å². The molecule has 1 heterocycles. The van der Waals surface area contributed by atoms with Crippen LogP contribution in [0.2, 0.25) is 0 Å². The number of carbonyl (C=O) groups is 3. The molecule has 9 heteroatoms. The molecule has 164 valence electrons. The van der Waals surface area contributed by atoms with Crippen molar-refractivity contribution in [3.8, 4) is 5.75 Å². The van der Waals surface area contributed by atoms with Crippen LogP contribution in [0.3, 0.4) is 0 Å². The Hall–Kier alpha value is -2.68. The molecule has 1 aromatic carbocycles. The molecule has 1 aliphatic rings. The number of thiocarbonyl (C=S) groups is 1. The second kappa shape index (κ2) is 10.9. The van der Waals surface area contributed by atoms with Gasteiger partial charge in [0.05, 0.1) is 18.6 Å². The Morgan fingerprint density at radius 3 is 2.53 bits per heavy atom. The molecule has 2 atom stereocenters. The molecule has 2 N–H and O–H groups in total. The number of ether oxygens (including phenoxy) is 2. The van der Waals surface area contributed by atoms with Gasteiger partial charge in [-0.3, -0.25) is 19.7 Å². The zero-order valence-corrected chi connectivity index (χ0v) is 18.6. The van der Waals surface area contributed by atoms with Gasteiger partial charge in [-0.2, -0.15) is 0 Å². The minimum Gasteiger partial charge on any atom is -0.491 e. The number of hydrogen-bond donors (Lipinski definition) is 2. The first-order valence-electron chi connectivity index (χ1n) is 10.1. The topological polar surface area (TPSA) is 97.0 Å². The van der Waals surface area contributed by atoms with Crippen LogP contribution in [-0.4, -0.2) is 59.1 Å². The van der Waals surface area contributed by atoms with Crippen LogP contribution < -0.4 is 15.4 Å². The van der Waals surface area contributed by atoms with Crippen LogP contribution in [0.1, 0.15) is 50.9 Å². The van der Waals surface area contributed by atoms with Crippen molar-refractivity contribution in [2.45, 2.75) is 58.8 Å². The number of hydrogen-bond acceptors (Lipinski definition) is 6. The van der Waals surface area contributed by atoms with E-state index in [4.69, 9.17) is 21.7 Å². The Morgan fingerprint density at radius 1 is 1.27 bits per heavy atom. The third kappa shape index (κ3) is 6.69. The lowest BCUT2D eigenvalue weighted by Crippen LogP contribution is -2.60. The monoisotopic (exact) mass is 435 g/mol. The summed E-state index contributed by atoms with van der Waals surface area (Å²) in [5, 5.41) is 5.47. The molecule has 2 amide bonds. The number of piperazine rings is 1. The van der Waals surface area contributed by atoms with Gasteiger partial charge < -0.3 is 19.7 Å². The Kier molecular flexibility index (Phi) is 8.58. The lowest BCUT2D eigenvalue weighted by atomic mass is 10.1. The maximum absolute atomic E-state index is 12.6. The lowest BCUT2D eigenvalue weighted by molar-refractivity contribution is -0.151. The average Bonchev–Trinajstić information content (AvgIpc) is 2.69. The molecule has 0 aliphatic carbocycles. The highest BCUT2D eigenvalue weighted by Gasteiger charge is 2.34. The average molecular weight is 436 g/mol. The Labute approximate surface area is 182 Å². The SMILES string of the molecule is CCC(C)OC(=O)CC1C(=O)NCCN1C(=S)NC(=O)c1ccc(OC(C)C)cc1. The van der Waals surface area contributed by atoms with Crippen molar-refractivity contribution in [3.05, 3.63) is 29.8 Å². The van der Waals surface area contributed by atoms with Gasteiger partial charge in [0.15, 0.2) is 5.11 Å². The van der Waals surface area contributed by atoms with E-state index in [1.807, 2.05) is 20.8 Å². The van der Waals surface area contributed by atoms with Crippen molar-refractivity contribution in [1.29, 1.82) is 0 Å². The molecule has 1 aliphatic heterocycles. The summed E-state index contributed by atoms with van der Waals surface area (Å²) in [5.74, 6) is -0.542. The summed E-state index contributed by atoms with van der Waals surface area (Å²) in [6.07, 6.45) is 0.341. The normalized spacial score (nSPS) is 17.2. The molecule has 0 spiro atoms. The zero-order chi connectivity index (χ0) is 22.3. The molecule has 0 bridgehead atoms. The highest BCUT2D eigenvalue weighted by Crippen LogP contribution is 2.15. The molecule has 2 rings (SSSR count). The Morgan fingerprint density at radius 2 is 1.93 bits per heavy atom. The van der Waals surface area contributed by atoms with Crippen molar-refractivity contribution in [2.75, 3.05) is 13.1 Å². The number of esters is 1. The highest BCUT2D eigenvalue weighted by molar-refractivity contribution is 7.80. The minimum atomic E-state index is -0.829. The number of rotatable bonds is 7. The van der Waals surface area contributed by atoms with Crippen molar-refractivity contribution >= 4 is 35.1 Å². The molecule has 0 radical (unpaired) electrons. The van der Waals surface area contributed by atoms with Crippen molar-refractivity contribution in [3.63, 3.8) is 0 Å². The second-order valence-electron chi connectivity index (χ2n) is 7.36. The van der Waals surface area contributed by atoms with Crippen LogP contribution >= 0.6 is 12.2 Å². The standard InChI is InChI=1S/C21H29N3O5S/c1-5-14(4)29-18(25)12-17-20(27)22-10-11-24(17)21(30)23-19(26)15-6-8-16(9-7-15)28-13(2)3/h6-9,13-14,17H,5,10-12H2,1-4H3,(H,22,27)(H,23,26,30). The minimum absolute atomic E-state index is 0.0337. The quantitative estimate of drug-likeness (QED) is 0.500. The van der Waals surface area contributed by atoms with Gasteiger partial charge in [0.2, 0.25) is 5.91 Å². The van der Waals surface area contributed by atoms with E-state index in [0.717, 1.165) is 0 Å². The van der Waals surface area contributed by atoms with E-state index in [9.17, 15) is 14.4 Å². The van der Waals surface area contributed by atoms with Crippen molar-refractivity contribution in [2.24, 2.45) is 0 Å². The predicted octanol–water partition coefficient (Wildman–Crippen LogP) is 2.02. The van der Waals surface area contributed by atoms with Crippen LogP contribution in [0.25, 0.3) is 0 Å². The summed E-state index contributed by atoms with van der Waals surface area (Å²) in [7, 11) is 0. The third-order valence-corrected chi connectivity index (χ3v) is 4.90. The summed E-state index contributed by atoms with van der Waals surface area (Å²) < 4.78 is 10.8. The molecule has 0 saturated carbocycles. The number of carbonyl (C=O) groups excluding carboxylic acids is 3. The molecule has 1 saturated heterocycles. The van der Waals surface area contributed by atoms with Gasteiger partial charge in [0, 0.05) is 18.7 Å². The van der Waals surface area contributed by atoms with Crippen molar-refractivity contribution < 1.29 is 23.9 Å². The number of amides is 2. The lowest BCUT2D eigenvalue weighted by Gasteiger charge is -2.36. The van der Waals surface area contributed by atoms with Crippen LogP contribution in [0.5, 0.6) is 5.75 Å². The summed E-state index contributed by atoms with van der Waals surface area (Å²) >= 11 is 5.36. The maximum atomic E-state index is 12.6. The van der Waals surface area contributed by atoms with Gasteiger partial charge in [0.1, 0.15) is 11.8 Å². The fourth-order valence-electron chi connectivity index (χ4n) is 2.87. The molecular formula is C21H29N3O5S. The molecule has 1 aromatic rings. The maximum Gasteiger partial charge on any atom is 0.308 e. The number of nitrogens with one attached hydrogen (secondary N) is 2. The van der Waals surface area contributed by atoms with Gasteiger partial charge in [-0.25, -0.2) is 0 Å². The number of nitrogens with zero attached hydrogens (tertiary/aromatic N) is 1. The summed E-state index contributed by atoms with van der Waals surface area (Å²) in [5.41, 5.74) is 0.405. The summed E-state index contributed by atoms with van der Waals surface area (Å²) in [4.78, 5) is 38.6. The Balaban J connectivity index is 2.02. The predicted molar refractivity (Wildman–Crippen MR) is 116 cm³/mol. The van der Waals surface area contributed by atoms with E-state index >= 15 is 0 Å². The van der Waals surface area contributed by atoms with Crippen LogP contribution in [-0.2, 0) is 14.3 Å². The molecule has 8 nitrogen and oxygen atoms in total. The molecule has 1 fully saturated rings. The fraction of sp³-hybridized carbons (Fsp3) is 0.524. The van der Waals surface area contributed by atoms with Gasteiger partial charge in [0.25, 0.3) is 5.91 Å². The first-order chi connectivity index (χ1) is 14.2. The first kappa shape index (κ1) is 23.6. The largest absolute Gasteiger partial charge is 0.491 e. The van der Waals surface area contributed by atoms with Crippen LogP contribution in [0, 0.1) is 0 Å². The van der Waals surface area contributed by atoms with Crippen LogP contribution in [0.15, 0.2) is 24.3 Å². The third-order valence-electron chi connectivity index (χ3n) is 4.57. The number of benzene rings is 1. The molecule has 2 unspecified atom stereocenters. The first-order valence-corrected chi connectivity index (χ1v) is 10.5. The second-order valence-corrected chi connectivity index (χ2v) is 7.75. The van der Waals surface area contributed by atoms with Gasteiger partial charge in [-0.05, 0) is 63.7 Å². The highest BCUT2D eigenvalue weighted by atomic mass is 32.1. The van der Waals surface area contributed by atoms with E-state index in [0.29, 0.717) is 30.8 Å². The fourth-order valence-corrected chi connectivity index (χ4v) is 3.18. The van der Waals surface area contributed by atoms with E-state index in [1.165, 1.54) is 0 Å². The van der Waals surface area contributed by atoms with E-state index in [2.05, 4.69) is 10.6 Å². The molecular weight excluding hydrogens is 406 g/mol. The van der Waals surface area contributed by atoms with Crippen LogP contribution in [0.4, 0.5) is 0 Å². The van der Waals surface area contributed by atoms with Crippen molar-refractivity contribution in [1.82, 2.24) is 15.5 Å². The smallest absolute Gasteiger partial charge is 0.308 e. The summed E-state index contributed by atoms with van der Waals surface area (Å²) in [6.45, 7) is 8.29. The van der Waals surface area contributed by atoms with E-state index in [-0.39, 0.29) is 29.6 Å². The molecule has 30 heavy (non-hydrogen) atoms. The summed E-state index contributed by atoms with van der Waals surface area (Å²) in [6, 6.07) is 5.86. The van der Waals surface area contributed by atoms with Gasteiger partial charge in [-0.1, -0.05) is 6.92 Å². The van der Waals surface area contributed by atoms with Gasteiger partial charge in [-0.15, -0.1) is 0 Å².